The quantitative estimate of drug-likeness (QED) is 0.330. The second-order valence-corrected chi connectivity index (χ2v) is 7.50. The van der Waals surface area contributed by atoms with Gasteiger partial charge in [-0.15, -0.1) is 5.10 Å². The smallest absolute Gasteiger partial charge is 0.182 e. The molecule has 0 saturated heterocycles. The highest BCUT2D eigenvalue weighted by Gasteiger charge is 2.14. The van der Waals surface area contributed by atoms with Gasteiger partial charge < -0.3 is 0 Å². The number of nitrogens with zero attached hydrogens (tertiary/aromatic N) is 3. The molecule has 5 rings (SSSR count). The summed E-state index contributed by atoms with van der Waals surface area (Å²) in [6.07, 6.45) is 2.05. The fourth-order valence-electron chi connectivity index (χ4n) is 3.35. The zero-order valence-corrected chi connectivity index (χ0v) is 16.5. The predicted octanol–water partition coefficient (Wildman–Crippen LogP) is 6.49. The van der Waals surface area contributed by atoms with Gasteiger partial charge in [0, 0.05) is 27.4 Å². The largest absolute Gasteiger partial charge is 0.219 e. The second-order valence-electron chi connectivity index (χ2n) is 6.59. The van der Waals surface area contributed by atoms with E-state index in [0.717, 1.165) is 37.9 Å². The Labute approximate surface area is 171 Å². The maximum absolute atomic E-state index is 4.87. The van der Waals surface area contributed by atoms with E-state index in [1.54, 1.807) is 0 Å². The van der Waals surface area contributed by atoms with Crippen molar-refractivity contribution in [1.29, 1.82) is 0 Å². The summed E-state index contributed by atoms with van der Waals surface area (Å²) in [4.78, 5) is 4.87. The Morgan fingerprint density at radius 3 is 2.04 bits per heavy atom. The van der Waals surface area contributed by atoms with Crippen LogP contribution in [0.4, 0.5) is 0 Å². The Balaban J connectivity index is 1.77. The SMILES string of the molecule is Brc1cccc(-c2nc3c(-c4ccccc4)cc(-c4ccccc4)cn3n2)c1. The number of halogens is 1. The molecular formula is C24H16BrN3. The summed E-state index contributed by atoms with van der Waals surface area (Å²) >= 11 is 3.53. The van der Waals surface area contributed by atoms with E-state index in [4.69, 9.17) is 10.1 Å². The third-order valence-electron chi connectivity index (χ3n) is 4.71. The maximum atomic E-state index is 4.87. The molecule has 0 N–H and O–H groups in total. The van der Waals surface area contributed by atoms with Crippen molar-refractivity contribution in [2.45, 2.75) is 0 Å². The van der Waals surface area contributed by atoms with Crippen LogP contribution in [-0.2, 0) is 0 Å². The van der Waals surface area contributed by atoms with Crippen molar-refractivity contribution in [1.82, 2.24) is 14.6 Å². The highest BCUT2D eigenvalue weighted by atomic mass is 79.9. The molecule has 0 bridgehead atoms. The number of rotatable bonds is 3. The van der Waals surface area contributed by atoms with Crippen LogP contribution in [0.5, 0.6) is 0 Å². The lowest BCUT2D eigenvalue weighted by molar-refractivity contribution is 0.968. The van der Waals surface area contributed by atoms with Gasteiger partial charge in [-0.2, -0.15) is 0 Å². The van der Waals surface area contributed by atoms with Crippen molar-refractivity contribution in [3.05, 3.63) is 102 Å². The molecule has 5 aromatic rings. The van der Waals surface area contributed by atoms with Crippen LogP contribution in [0.25, 0.3) is 39.3 Å². The zero-order valence-electron chi connectivity index (χ0n) is 15.0. The fourth-order valence-corrected chi connectivity index (χ4v) is 3.75. The second kappa shape index (κ2) is 7.06. The van der Waals surface area contributed by atoms with E-state index in [-0.39, 0.29) is 0 Å². The molecule has 28 heavy (non-hydrogen) atoms. The molecule has 0 unspecified atom stereocenters. The van der Waals surface area contributed by atoms with Crippen LogP contribution in [0.2, 0.25) is 0 Å². The molecule has 0 radical (unpaired) electrons. The topological polar surface area (TPSA) is 30.2 Å². The van der Waals surface area contributed by atoms with Gasteiger partial charge in [0.15, 0.2) is 11.5 Å². The Bertz CT molecular complexity index is 1260. The van der Waals surface area contributed by atoms with Gasteiger partial charge >= 0.3 is 0 Å². The van der Waals surface area contributed by atoms with E-state index in [1.165, 1.54) is 0 Å². The molecule has 2 aromatic heterocycles. The highest BCUT2D eigenvalue weighted by Crippen LogP contribution is 2.31. The molecule has 0 aliphatic heterocycles. The summed E-state index contributed by atoms with van der Waals surface area (Å²) in [5.41, 5.74) is 6.28. The van der Waals surface area contributed by atoms with Gasteiger partial charge in [-0.1, -0.05) is 88.7 Å². The van der Waals surface area contributed by atoms with E-state index >= 15 is 0 Å². The van der Waals surface area contributed by atoms with Crippen molar-refractivity contribution >= 4 is 21.6 Å². The molecule has 3 aromatic carbocycles. The first-order valence-corrected chi connectivity index (χ1v) is 9.84. The summed E-state index contributed by atoms with van der Waals surface area (Å²) < 4.78 is 2.90. The lowest BCUT2D eigenvalue weighted by Gasteiger charge is -2.08. The first-order chi connectivity index (χ1) is 13.8. The van der Waals surface area contributed by atoms with Crippen LogP contribution in [-0.4, -0.2) is 14.6 Å². The van der Waals surface area contributed by atoms with Crippen LogP contribution >= 0.6 is 15.9 Å². The summed E-state index contributed by atoms with van der Waals surface area (Å²) in [5.74, 6) is 0.712. The third-order valence-corrected chi connectivity index (χ3v) is 5.20. The molecule has 0 aliphatic carbocycles. The van der Waals surface area contributed by atoms with Gasteiger partial charge in [0.1, 0.15) is 0 Å². The minimum absolute atomic E-state index is 0.712. The minimum Gasteiger partial charge on any atom is -0.219 e. The van der Waals surface area contributed by atoms with Crippen molar-refractivity contribution < 1.29 is 0 Å². The van der Waals surface area contributed by atoms with E-state index < -0.39 is 0 Å². The molecule has 134 valence electrons. The third kappa shape index (κ3) is 3.12. The number of fused-ring (bicyclic) bond motifs is 1. The standard InChI is InChI=1S/C24H16BrN3/c25-21-13-7-12-19(14-21)23-26-24-22(18-10-5-2-6-11-18)15-20(16-28(24)27-23)17-8-3-1-4-9-17/h1-16H. The fraction of sp³-hybridized carbons (Fsp3) is 0. The maximum Gasteiger partial charge on any atom is 0.182 e. The molecule has 4 heteroatoms. The van der Waals surface area contributed by atoms with E-state index in [0.29, 0.717) is 5.82 Å². The van der Waals surface area contributed by atoms with E-state index in [1.807, 2.05) is 59.2 Å². The van der Waals surface area contributed by atoms with Gasteiger partial charge in [0.05, 0.1) is 0 Å². The number of hydrogen-bond acceptors (Lipinski definition) is 2. The van der Waals surface area contributed by atoms with Gasteiger partial charge in [0.25, 0.3) is 0 Å². The highest BCUT2D eigenvalue weighted by molar-refractivity contribution is 9.10. The Morgan fingerprint density at radius 1 is 0.643 bits per heavy atom. The van der Waals surface area contributed by atoms with Gasteiger partial charge in [-0.05, 0) is 29.3 Å². The summed E-state index contributed by atoms with van der Waals surface area (Å²) in [6, 6.07) is 31.0. The van der Waals surface area contributed by atoms with Crippen LogP contribution in [0, 0.1) is 0 Å². The summed E-state index contributed by atoms with van der Waals surface area (Å²) in [6.45, 7) is 0. The van der Waals surface area contributed by atoms with Gasteiger partial charge in [-0.3, -0.25) is 0 Å². The molecule has 0 atom stereocenters. The molecule has 3 nitrogen and oxygen atoms in total. The monoisotopic (exact) mass is 425 g/mol. The summed E-state index contributed by atoms with van der Waals surface area (Å²) in [5, 5.41) is 4.78. The van der Waals surface area contributed by atoms with E-state index in [2.05, 4.69) is 58.4 Å². The number of pyridine rings is 1. The zero-order chi connectivity index (χ0) is 18.9. The molecule has 0 spiro atoms. The predicted molar refractivity (Wildman–Crippen MR) is 117 cm³/mol. The Morgan fingerprint density at radius 2 is 1.32 bits per heavy atom. The Hall–Kier alpha value is -3.24. The first kappa shape index (κ1) is 16.9. The molecule has 2 heterocycles. The average molecular weight is 426 g/mol. The average Bonchev–Trinajstić information content (AvgIpc) is 3.19. The van der Waals surface area contributed by atoms with Crippen LogP contribution in [0.1, 0.15) is 0 Å². The summed E-state index contributed by atoms with van der Waals surface area (Å²) in [7, 11) is 0. The van der Waals surface area contributed by atoms with Crippen LogP contribution in [0.3, 0.4) is 0 Å². The Kier molecular flexibility index (Phi) is 4.26. The molecular weight excluding hydrogens is 410 g/mol. The van der Waals surface area contributed by atoms with Crippen molar-refractivity contribution in [2.75, 3.05) is 0 Å². The van der Waals surface area contributed by atoms with Gasteiger partial charge in [0.2, 0.25) is 0 Å². The molecule has 0 saturated carbocycles. The number of aromatic nitrogens is 3. The number of hydrogen-bond donors (Lipinski definition) is 0. The van der Waals surface area contributed by atoms with Crippen molar-refractivity contribution in [2.24, 2.45) is 0 Å². The van der Waals surface area contributed by atoms with Crippen LogP contribution in [0.15, 0.2) is 102 Å². The molecule has 0 amide bonds. The minimum atomic E-state index is 0.712. The van der Waals surface area contributed by atoms with E-state index in [9.17, 15) is 0 Å². The van der Waals surface area contributed by atoms with Crippen molar-refractivity contribution in [3.63, 3.8) is 0 Å². The first-order valence-electron chi connectivity index (χ1n) is 9.05. The lowest BCUT2D eigenvalue weighted by atomic mass is 10.0. The van der Waals surface area contributed by atoms with Crippen LogP contribution < -0.4 is 0 Å². The normalized spacial score (nSPS) is 11.0. The molecule has 0 aliphatic rings. The lowest BCUT2D eigenvalue weighted by Crippen LogP contribution is -1.93. The van der Waals surface area contributed by atoms with Crippen molar-refractivity contribution in [3.8, 4) is 33.6 Å². The molecule has 0 fully saturated rings. The number of benzene rings is 3. The van der Waals surface area contributed by atoms with Gasteiger partial charge in [-0.25, -0.2) is 9.50 Å².